The predicted molar refractivity (Wildman–Crippen MR) is 77.6 cm³/mol. The lowest BCUT2D eigenvalue weighted by Crippen LogP contribution is -2.55. The molecule has 0 bridgehead atoms. The molecular formula is C11H10Cl3NO5S. The van der Waals surface area contributed by atoms with Crippen LogP contribution in [0.2, 0.25) is 15.1 Å². The molecule has 0 amide bonds. The third-order valence-electron chi connectivity index (χ3n) is 2.99. The Morgan fingerprint density at radius 1 is 1.29 bits per heavy atom. The van der Waals surface area contributed by atoms with E-state index in [9.17, 15) is 18.3 Å². The number of sulfonamides is 1. The molecule has 1 aromatic carbocycles. The van der Waals surface area contributed by atoms with Crippen molar-refractivity contribution >= 4 is 50.8 Å². The van der Waals surface area contributed by atoms with Gasteiger partial charge in [0.25, 0.3) is 0 Å². The normalized spacial score (nSPS) is 22.4. The number of carboxylic acids is 1. The number of hydrogen-bond donors (Lipinski definition) is 2. The van der Waals surface area contributed by atoms with Crippen molar-refractivity contribution in [3.8, 4) is 0 Å². The van der Waals surface area contributed by atoms with Crippen LogP contribution in [0.25, 0.3) is 0 Å². The van der Waals surface area contributed by atoms with Gasteiger partial charge in [-0.2, -0.15) is 4.72 Å². The van der Waals surface area contributed by atoms with E-state index < -0.39 is 26.4 Å². The van der Waals surface area contributed by atoms with Gasteiger partial charge in [0.15, 0.2) is 5.54 Å². The average molecular weight is 375 g/mol. The second kappa shape index (κ2) is 5.91. The zero-order chi connectivity index (χ0) is 15.8. The molecule has 0 spiro atoms. The third-order valence-corrected chi connectivity index (χ3v) is 5.67. The molecule has 1 saturated heterocycles. The minimum atomic E-state index is -4.26. The maximum absolute atomic E-state index is 12.4. The molecule has 1 aliphatic heterocycles. The largest absolute Gasteiger partial charge is 0.480 e. The van der Waals surface area contributed by atoms with Gasteiger partial charge in [0.1, 0.15) is 4.90 Å². The zero-order valence-corrected chi connectivity index (χ0v) is 13.5. The highest BCUT2D eigenvalue weighted by molar-refractivity contribution is 7.89. The van der Waals surface area contributed by atoms with Gasteiger partial charge in [0, 0.05) is 18.1 Å². The average Bonchev–Trinajstić information content (AvgIpc) is 2.75. The van der Waals surface area contributed by atoms with Crippen LogP contribution < -0.4 is 4.72 Å². The van der Waals surface area contributed by atoms with Crippen LogP contribution >= 0.6 is 34.8 Å². The van der Waals surface area contributed by atoms with Crippen LogP contribution in [0.1, 0.15) is 6.42 Å². The smallest absolute Gasteiger partial charge is 0.327 e. The summed E-state index contributed by atoms with van der Waals surface area (Å²) in [6.45, 7) is -0.138. The number of aliphatic carboxylic acids is 1. The van der Waals surface area contributed by atoms with Crippen LogP contribution in [-0.4, -0.2) is 38.2 Å². The maximum atomic E-state index is 12.4. The molecule has 1 fully saturated rings. The summed E-state index contributed by atoms with van der Waals surface area (Å²) in [5.41, 5.74) is -1.73. The number of benzene rings is 1. The monoisotopic (exact) mass is 373 g/mol. The quantitative estimate of drug-likeness (QED) is 0.842. The molecule has 1 unspecified atom stereocenters. The molecule has 0 aliphatic carbocycles. The van der Waals surface area contributed by atoms with Crippen molar-refractivity contribution in [1.82, 2.24) is 4.72 Å². The van der Waals surface area contributed by atoms with Gasteiger partial charge in [-0.05, 0) is 12.1 Å². The van der Waals surface area contributed by atoms with Gasteiger partial charge in [-0.3, -0.25) is 4.79 Å². The SMILES string of the molecule is O=C(O)C1(NS(=O)(=O)c2c(Cl)cc(Cl)cc2Cl)CCOC1. The Balaban J connectivity index is 2.46. The number of halogens is 3. The molecule has 0 radical (unpaired) electrons. The van der Waals surface area contributed by atoms with E-state index >= 15 is 0 Å². The van der Waals surface area contributed by atoms with E-state index in [1.54, 1.807) is 0 Å². The van der Waals surface area contributed by atoms with Crippen molar-refractivity contribution in [1.29, 1.82) is 0 Å². The van der Waals surface area contributed by atoms with E-state index in [1.165, 1.54) is 12.1 Å². The Hall–Kier alpha value is -0.570. The standard InChI is InChI=1S/C11H10Cl3NO5S/c12-6-3-7(13)9(8(14)4-6)21(18,19)15-11(10(16)17)1-2-20-5-11/h3-4,15H,1-2,5H2,(H,16,17). The van der Waals surface area contributed by atoms with Gasteiger partial charge >= 0.3 is 5.97 Å². The van der Waals surface area contributed by atoms with E-state index in [2.05, 4.69) is 4.72 Å². The lowest BCUT2D eigenvalue weighted by Gasteiger charge is -2.24. The van der Waals surface area contributed by atoms with Gasteiger partial charge in [-0.25, -0.2) is 8.42 Å². The summed E-state index contributed by atoms with van der Waals surface area (Å²) >= 11 is 17.4. The molecule has 2 N–H and O–H groups in total. The molecule has 2 rings (SSSR count). The molecule has 0 aromatic heterocycles. The zero-order valence-electron chi connectivity index (χ0n) is 10.4. The fraction of sp³-hybridized carbons (Fsp3) is 0.364. The van der Waals surface area contributed by atoms with E-state index in [0.29, 0.717) is 0 Å². The Bertz CT molecular complexity index is 662. The summed E-state index contributed by atoms with van der Waals surface area (Å²) in [6, 6.07) is 2.42. The van der Waals surface area contributed by atoms with Gasteiger partial charge in [-0.15, -0.1) is 0 Å². The lowest BCUT2D eigenvalue weighted by molar-refractivity contribution is -0.144. The van der Waals surface area contributed by atoms with E-state index in [4.69, 9.17) is 39.5 Å². The molecule has 1 heterocycles. The van der Waals surface area contributed by atoms with Crippen molar-refractivity contribution in [3.63, 3.8) is 0 Å². The number of carboxylic acid groups (broad SMARTS) is 1. The predicted octanol–water partition coefficient (Wildman–Crippen LogP) is 2.17. The van der Waals surface area contributed by atoms with Crippen LogP contribution in [0.4, 0.5) is 0 Å². The van der Waals surface area contributed by atoms with Crippen LogP contribution in [0.5, 0.6) is 0 Å². The van der Waals surface area contributed by atoms with Crippen molar-refractivity contribution in [2.45, 2.75) is 16.9 Å². The van der Waals surface area contributed by atoms with Gasteiger partial charge in [0.2, 0.25) is 10.0 Å². The molecule has 1 aromatic rings. The highest BCUT2D eigenvalue weighted by Crippen LogP contribution is 2.34. The summed E-state index contributed by atoms with van der Waals surface area (Å²) in [5, 5.41) is 9.04. The van der Waals surface area contributed by atoms with Crippen LogP contribution in [0.3, 0.4) is 0 Å². The summed E-state index contributed by atoms with van der Waals surface area (Å²) in [5.74, 6) is -1.33. The molecule has 0 saturated carbocycles. The fourth-order valence-electron chi connectivity index (χ4n) is 1.95. The van der Waals surface area contributed by atoms with Gasteiger partial charge in [0.05, 0.1) is 16.7 Å². The highest BCUT2D eigenvalue weighted by Gasteiger charge is 2.46. The van der Waals surface area contributed by atoms with E-state index in [-0.39, 0.29) is 34.7 Å². The summed E-state index contributed by atoms with van der Waals surface area (Å²) in [6.07, 6.45) is 0.00436. The van der Waals surface area contributed by atoms with Crippen LogP contribution in [-0.2, 0) is 19.6 Å². The molecule has 1 atom stereocenters. The minimum Gasteiger partial charge on any atom is -0.480 e. The topological polar surface area (TPSA) is 92.7 Å². The van der Waals surface area contributed by atoms with E-state index in [1.807, 2.05) is 0 Å². The molecular weight excluding hydrogens is 365 g/mol. The summed E-state index contributed by atoms with van der Waals surface area (Å²) in [4.78, 5) is 10.9. The number of nitrogens with one attached hydrogen (secondary N) is 1. The second-order valence-corrected chi connectivity index (χ2v) is 7.36. The maximum Gasteiger partial charge on any atom is 0.327 e. The van der Waals surface area contributed by atoms with Crippen LogP contribution in [0.15, 0.2) is 17.0 Å². The number of hydrogen-bond acceptors (Lipinski definition) is 4. The van der Waals surface area contributed by atoms with Gasteiger partial charge in [-0.1, -0.05) is 34.8 Å². The second-order valence-electron chi connectivity index (χ2n) is 4.49. The lowest BCUT2D eigenvalue weighted by atomic mass is 10.0. The first-order valence-corrected chi connectivity index (χ1v) is 8.29. The number of ether oxygens (including phenoxy) is 1. The Labute approximate surface area is 136 Å². The molecule has 21 heavy (non-hydrogen) atoms. The summed E-state index contributed by atoms with van der Waals surface area (Å²) < 4.78 is 31.9. The minimum absolute atomic E-state index is 0.00436. The van der Waals surface area contributed by atoms with Crippen molar-refractivity contribution in [2.24, 2.45) is 0 Å². The Morgan fingerprint density at radius 2 is 1.86 bits per heavy atom. The molecule has 116 valence electrons. The Morgan fingerprint density at radius 3 is 2.29 bits per heavy atom. The molecule has 6 nitrogen and oxygen atoms in total. The fourth-order valence-corrected chi connectivity index (χ4v) is 4.87. The van der Waals surface area contributed by atoms with Crippen LogP contribution in [0, 0.1) is 0 Å². The van der Waals surface area contributed by atoms with Gasteiger partial charge < -0.3 is 9.84 Å². The number of carbonyl (C=O) groups is 1. The Kier molecular flexibility index (Phi) is 4.72. The van der Waals surface area contributed by atoms with E-state index in [0.717, 1.165) is 0 Å². The van der Waals surface area contributed by atoms with Crippen molar-refractivity contribution in [3.05, 3.63) is 27.2 Å². The number of rotatable bonds is 4. The first kappa shape index (κ1) is 16.8. The summed E-state index contributed by atoms with van der Waals surface area (Å²) in [7, 11) is -4.26. The van der Waals surface area contributed by atoms with Crippen molar-refractivity contribution < 1.29 is 23.1 Å². The van der Waals surface area contributed by atoms with Crippen molar-refractivity contribution in [2.75, 3.05) is 13.2 Å². The first-order valence-electron chi connectivity index (χ1n) is 5.68. The molecule has 1 aliphatic rings. The molecule has 10 heteroatoms. The third kappa shape index (κ3) is 3.28. The highest BCUT2D eigenvalue weighted by atomic mass is 35.5. The first-order chi connectivity index (χ1) is 9.68.